The van der Waals surface area contributed by atoms with Gasteiger partial charge in [0.2, 0.25) is 0 Å². The van der Waals surface area contributed by atoms with E-state index in [0.29, 0.717) is 68.1 Å². The lowest BCUT2D eigenvalue weighted by Crippen LogP contribution is -2.55. The van der Waals surface area contributed by atoms with Crippen LogP contribution in [0.25, 0.3) is 0 Å². The lowest BCUT2D eigenvalue weighted by Gasteiger charge is -2.41. The molecule has 0 bridgehead atoms. The number of pyridine rings is 3. The van der Waals surface area contributed by atoms with E-state index in [-0.39, 0.29) is 54.8 Å². The Bertz CT molecular complexity index is 2270. The van der Waals surface area contributed by atoms with Crippen molar-refractivity contribution in [2.75, 3.05) is 46.1 Å². The van der Waals surface area contributed by atoms with Crippen molar-refractivity contribution >= 4 is 24.6 Å². The summed E-state index contributed by atoms with van der Waals surface area (Å²) in [6.07, 6.45) is 18.6. The quantitative estimate of drug-likeness (QED) is 0.0859. The lowest BCUT2D eigenvalue weighted by molar-refractivity contribution is -0.108. The monoisotopic (exact) mass is 1020 g/mol. The molecular weight excluding hydrogens is 945 g/mol. The van der Waals surface area contributed by atoms with Crippen LogP contribution in [0.3, 0.4) is 0 Å². The number of likely N-dealkylation sites (tertiary alicyclic amines) is 3. The number of aldehydes is 1. The molecule has 6 fully saturated rings. The molecule has 6 aliphatic rings. The standard InChI is InChI=1S/C19H26N2O3.C18H26N2O4.C18H24N2O4.C2H4/c1-5-13-9-17(13)14-8-16(11-20-10-14)23-12-15-6-7-21(15)18(22)24-19(2,3)4;2*1-18(2,3)24-17(22)20-5-4-14(20)11-23-15-6-12(8-19-9-15)16-7-13(16)10-21;1-2/h5,8,10-11,13,15,17H,1,6-7,9,12H2,2-4H3;6,8-9,13-14,16,21H,4-5,7,10-11H2,1-3H3;6,8-10,13-14,16H,4-5,7,11H2,1-3H3;1-2H2/t13-,15+,17-;2*13-,14-,16-;/m100./s1. The minimum absolute atomic E-state index is 0.0344. The van der Waals surface area contributed by atoms with Gasteiger partial charge in [0.25, 0.3) is 0 Å². The van der Waals surface area contributed by atoms with E-state index in [2.05, 4.69) is 40.8 Å². The first-order valence-electron chi connectivity index (χ1n) is 26.0. The van der Waals surface area contributed by atoms with Gasteiger partial charge in [-0.1, -0.05) is 6.08 Å². The number of aliphatic hydroxyl groups excluding tert-OH is 1. The lowest BCUT2D eigenvalue weighted by atomic mass is 10.1. The van der Waals surface area contributed by atoms with Crippen molar-refractivity contribution < 1.29 is 52.7 Å². The third-order valence-electron chi connectivity index (χ3n) is 13.4. The molecule has 9 rings (SSSR count). The Balaban J connectivity index is 0.000000178. The zero-order chi connectivity index (χ0) is 54.0. The highest BCUT2D eigenvalue weighted by molar-refractivity contribution is 5.70. The van der Waals surface area contributed by atoms with Crippen LogP contribution in [0.2, 0.25) is 0 Å². The third kappa shape index (κ3) is 16.6. The molecule has 6 heterocycles. The highest BCUT2D eigenvalue weighted by atomic mass is 16.6. The van der Waals surface area contributed by atoms with Crippen molar-refractivity contribution in [3.8, 4) is 17.2 Å². The summed E-state index contributed by atoms with van der Waals surface area (Å²) in [5.74, 6) is 4.41. The molecule has 17 heteroatoms. The first-order chi connectivity index (χ1) is 35.1. The number of amides is 3. The van der Waals surface area contributed by atoms with Gasteiger partial charge in [0.1, 0.15) is 60.2 Å². The van der Waals surface area contributed by atoms with Crippen LogP contribution < -0.4 is 14.2 Å². The molecule has 0 radical (unpaired) electrons. The predicted octanol–water partition coefficient (Wildman–Crippen LogP) is 9.90. The van der Waals surface area contributed by atoms with Crippen molar-refractivity contribution in [2.24, 2.45) is 17.8 Å². The maximum atomic E-state index is 12.1. The molecule has 0 unspecified atom stereocenters. The van der Waals surface area contributed by atoms with E-state index in [1.54, 1.807) is 39.5 Å². The number of hydrogen-bond donors (Lipinski definition) is 1. The zero-order valence-electron chi connectivity index (χ0n) is 45.1. The van der Waals surface area contributed by atoms with Crippen LogP contribution in [0.4, 0.5) is 14.4 Å². The fourth-order valence-corrected chi connectivity index (χ4v) is 8.72. The Hall–Kier alpha value is -6.23. The van der Waals surface area contributed by atoms with Gasteiger partial charge < -0.3 is 53.0 Å². The van der Waals surface area contributed by atoms with Crippen LogP contribution in [0.15, 0.2) is 81.2 Å². The molecule has 1 N–H and O–H groups in total. The van der Waals surface area contributed by atoms with E-state index in [1.165, 1.54) is 5.56 Å². The maximum Gasteiger partial charge on any atom is 0.410 e. The largest absolute Gasteiger partial charge is 0.490 e. The Labute approximate surface area is 438 Å². The molecule has 0 spiro atoms. The molecule has 3 aromatic heterocycles. The van der Waals surface area contributed by atoms with Crippen LogP contribution in [0, 0.1) is 17.8 Å². The molecule has 9 atom stereocenters. The Morgan fingerprint density at radius 2 is 0.905 bits per heavy atom. The molecule has 0 aromatic carbocycles. The SMILES string of the molecule is C=C.C=C[C@@H]1C[C@H]1c1cncc(OC[C@@H]2CCN2C(=O)OC(C)(C)C)c1.CC(C)(C)OC(=O)N1CC[C@H]1COc1cncc([C@@H]2C[C@H]2C=O)c1.CC(C)(C)OC(=O)N1CC[C@H]1COc1cncc([C@@H]2C[C@H]2CO)c1. The van der Waals surface area contributed by atoms with Crippen LogP contribution in [0.1, 0.15) is 135 Å². The predicted molar refractivity (Wildman–Crippen MR) is 280 cm³/mol. The first kappa shape index (κ1) is 57.1. The molecular formula is C57H80N6O11. The summed E-state index contributed by atoms with van der Waals surface area (Å²) < 4.78 is 33.7. The molecule has 3 saturated carbocycles. The Kier molecular flexibility index (Phi) is 19.2. The summed E-state index contributed by atoms with van der Waals surface area (Å²) in [5, 5.41) is 9.18. The van der Waals surface area contributed by atoms with E-state index >= 15 is 0 Å². The van der Waals surface area contributed by atoms with E-state index in [1.807, 2.05) is 92.9 Å². The minimum atomic E-state index is -0.490. The number of aromatic nitrogens is 3. The Morgan fingerprint density at radius 3 is 1.16 bits per heavy atom. The fraction of sp³-hybridized carbons (Fsp3) is 0.596. The van der Waals surface area contributed by atoms with Gasteiger partial charge in [-0.25, -0.2) is 14.4 Å². The molecule has 3 aromatic rings. The Morgan fingerprint density at radius 1 is 0.568 bits per heavy atom. The molecule has 404 valence electrons. The second-order valence-corrected chi connectivity index (χ2v) is 22.8. The fourth-order valence-electron chi connectivity index (χ4n) is 8.72. The van der Waals surface area contributed by atoms with Crippen LogP contribution in [-0.4, -0.2) is 140 Å². The number of carbonyl (C=O) groups excluding carboxylic acids is 4. The van der Waals surface area contributed by atoms with Gasteiger partial charge in [0, 0.05) is 50.7 Å². The summed E-state index contributed by atoms with van der Waals surface area (Å²) in [7, 11) is 0. The first-order valence-corrected chi connectivity index (χ1v) is 26.0. The van der Waals surface area contributed by atoms with Gasteiger partial charge in [-0.05, 0) is 165 Å². The zero-order valence-corrected chi connectivity index (χ0v) is 45.1. The number of carbonyl (C=O) groups is 4. The number of nitrogens with zero attached hydrogens (tertiary/aromatic N) is 6. The van der Waals surface area contributed by atoms with Gasteiger partial charge in [0.05, 0.1) is 36.7 Å². The van der Waals surface area contributed by atoms with Gasteiger partial charge >= 0.3 is 18.3 Å². The molecule has 17 nitrogen and oxygen atoms in total. The van der Waals surface area contributed by atoms with Crippen LogP contribution in [0.5, 0.6) is 17.2 Å². The van der Waals surface area contributed by atoms with E-state index in [0.717, 1.165) is 68.2 Å². The van der Waals surface area contributed by atoms with Gasteiger partial charge in [-0.15, -0.1) is 19.7 Å². The normalized spacial score (nSPS) is 25.1. The summed E-state index contributed by atoms with van der Waals surface area (Å²) in [5.41, 5.74) is 1.92. The van der Waals surface area contributed by atoms with Crippen LogP contribution in [-0.2, 0) is 19.0 Å². The molecule has 3 aliphatic heterocycles. The smallest absolute Gasteiger partial charge is 0.410 e. The maximum absolute atomic E-state index is 12.1. The van der Waals surface area contributed by atoms with Gasteiger partial charge in [-0.3, -0.25) is 15.0 Å². The average molecular weight is 1030 g/mol. The van der Waals surface area contributed by atoms with E-state index in [9.17, 15) is 24.3 Å². The topological polar surface area (TPSA) is 192 Å². The van der Waals surface area contributed by atoms with Gasteiger partial charge in [-0.2, -0.15) is 0 Å². The highest BCUT2D eigenvalue weighted by Crippen LogP contribution is 2.49. The number of allylic oxidation sites excluding steroid dienone is 1. The van der Waals surface area contributed by atoms with Gasteiger partial charge in [0.15, 0.2) is 0 Å². The summed E-state index contributed by atoms with van der Waals surface area (Å²) in [6.45, 7) is 30.4. The molecule has 3 aliphatic carbocycles. The van der Waals surface area contributed by atoms with Crippen molar-refractivity contribution in [3.05, 3.63) is 97.9 Å². The number of ether oxygens (including phenoxy) is 6. The second kappa shape index (κ2) is 24.9. The average Bonchev–Trinajstić information content (AvgIpc) is 4.19. The van der Waals surface area contributed by atoms with Crippen molar-refractivity contribution in [1.29, 1.82) is 0 Å². The number of rotatable bonds is 15. The van der Waals surface area contributed by atoms with Crippen molar-refractivity contribution in [3.63, 3.8) is 0 Å². The summed E-state index contributed by atoms with van der Waals surface area (Å²) in [6, 6.07) is 6.14. The highest BCUT2D eigenvalue weighted by Gasteiger charge is 2.41. The molecule has 3 saturated heterocycles. The minimum Gasteiger partial charge on any atom is -0.490 e. The second-order valence-electron chi connectivity index (χ2n) is 22.8. The molecule has 3 amide bonds. The number of aliphatic hydroxyl groups is 1. The number of hydrogen-bond acceptors (Lipinski definition) is 14. The third-order valence-corrected chi connectivity index (χ3v) is 13.4. The summed E-state index contributed by atoms with van der Waals surface area (Å²) >= 11 is 0. The van der Waals surface area contributed by atoms with Crippen molar-refractivity contribution in [2.45, 2.75) is 154 Å². The summed E-state index contributed by atoms with van der Waals surface area (Å²) in [4.78, 5) is 64.9. The van der Waals surface area contributed by atoms with Crippen LogP contribution >= 0.6 is 0 Å². The van der Waals surface area contributed by atoms with Crippen molar-refractivity contribution in [1.82, 2.24) is 29.7 Å². The van der Waals surface area contributed by atoms with E-state index in [4.69, 9.17) is 28.4 Å². The van der Waals surface area contributed by atoms with E-state index < -0.39 is 16.8 Å². The molecule has 74 heavy (non-hydrogen) atoms.